The summed E-state index contributed by atoms with van der Waals surface area (Å²) in [6.45, 7) is 1.46. The standard InChI is InChI=1S/C17H17N3O4/c21-16(22)13-6-7-15(18-8-13)20-9-14(10-20)19-17(23)24-11-12-4-2-1-3-5-12/h1-8,14H,9-11H2,(H,19,23)(H,21,22). The van der Waals surface area contributed by atoms with Crippen LogP contribution in [0.3, 0.4) is 0 Å². The molecule has 3 rings (SSSR count). The largest absolute Gasteiger partial charge is 0.478 e. The number of anilines is 1. The molecule has 1 aromatic carbocycles. The van der Waals surface area contributed by atoms with Crippen molar-refractivity contribution in [1.29, 1.82) is 0 Å². The van der Waals surface area contributed by atoms with Gasteiger partial charge >= 0.3 is 12.1 Å². The number of hydrogen-bond donors (Lipinski definition) is 2. The molecule has 0 radical (unpaired) electrons. The average Bonchev–Trinajstić information content (AvgIpc) is 2.57. The minimum absolute atomic E-state index is 0.00535. The van der Waals surface area contributed by atoms with Crippen LogP contribution in [0.1, 0.15) is 15.9 Å². The molecule has 0 atom stereocenters. The van der Waals surface area contributed by atoms with Gasteiger partial charge < -0.3 is 20.1 Å². The number of nitrogens with one attached hydrogen (secondary N) is 1. The van der Waals surface area contributed by atoms with Crippen LogP contribution in [-0.4, -0.2) is 41.3 Å². The van der Waals surface area contributed by atoms with Crippen LogP contribution in [0.4, 0.5) is 10.6 Å². The molecule has 0 spiro atoms. The number of ether oxygens (including phenoxy) is 1. The lowest BCUT2D eigenvalue weighted by Crippen LogP contribution is -2.59. The van der Waals surface area contributed by atoms with Gasteiger partial charge in [0.1, 0.15) is 12.4 Å². The van der Waals surface area contributed by atoms with E-state index in [4.69, 9.17) is 9.84 Å². The molecule has 1 aliphatic heterocycles. The Labute approximate surface area is 138 Å². The fourth-order valence-corrected chi connectivity index (χ4v) is 2.39. The second kappa shape index (κ2) is 6.99. The first-order valence-corrected chi connectivity index (χ1v) is 7.53. The molecule has 0 aliphatic carbocycles. The summed E-state index contributed by atoms with van der Waals surface area (Å²) in [7, 11) is 0. The minimum atomic E-state index is -1.00. The second-order valence-corrected chi connectivity index (χ2v) is 5.52. The lowest BCUT2D eigenvalue weighted by molar-refractivity contribution is 0.0696. The number of alkyl carbamates (subject to hydrolysis) is 1. The molecule has 0 saturated carbocycles. The topological polar surface area (TPSA) is 91.8 Å². The first-order valence-electron chi connectivity index (χ1n) is 7.53. The smallest absolute Gasteiger partial charge is 0.407 e. The minimum Gasteiger partial charge on any atom is -0.478 e. The molecule has 1 aliphatic rings. The van der Waals surface area contributed by atoms with Gasteiger partial charge in [-0.15, -0.1) is 0 Å². The van der Waals surface area contributed by atoms with Crippen LogP contribution in [-0.2, 0) is 11.3 Å². The summed E-state index contributed by atoms with van der Waals surface area (Å²) < 4.78 is 5.17. The summed E-state index contributed by atoms with van der Waals surface area (Å²) in [6, 6.07) is 12.6. The quantitative estimate of drug-likeness (QED) is 0.871. The third-order valence-electron chi connectivity index (χ3n) is 3.74. The highest BCUT2D eigenvalue weighted by atomic mass is 16.5. The Morgan fingerprint density at radius 3 is 2.58 bits per heavy atom. The third kappa shape index (κ3) is 3.81. The second-order valence-electron chi connectivity index (χ2n) is 5.52. The highest BCUT2D eigenvalue weighted by molar-refractivity contribution is 5.87. The number of carbonyl (C=O) groups is 2. The summed E-state index contributed by atoms with van der Waals surface area (Å²) in [6.07, 6.45) is 0.879. The summed E-state index contributed by atoms with van der Waals surface area (Å²) in [5, 5.41) is 11.6. The van der Waals surface area contributed by atoms with Crippen molar-refractivity contribution in [1.82, 2.24) is 10.3 Å². The summed E-state index contributed by atoms with van der Waals surface area (Å²) in [5.74, 6) is -0.311. The monoisotopic (exact) mass is 327 g/mol. The molecule has 2 heterocycles. The Morgan fingerprint density at radius 2 is 1.96 bits per heavy atom. The highest BCUT2D eigenvalue weighted by Crippen LogP contribution is 2.18. The Hall–Kier alpha value is -3.09. The third-order valence-corrected chi connectivity index (χ3v) is 3.74. The number of aromatic carboxylic acids is 1. The van der Waals surface area contributed by atoms with E-state index in [2.05, 4.69) is 10.3 Å². The maximum Gasteiger partial charge on any atom is 0.407 e. The van der Waals surface area contributed by atoms with Gasteiger partial charge in [0, 0.05) is 19.3 Å². The normalized spacial score (nSPS) is 13.9. The van der Waals surface area contributed by atoms with Crippen molar-refractivity contribution in [3.05, 3.63) is 59.8 Å². The average molecular weight is 327 g/mol. The first-order chi connectivity index (χ1) is 11.6. The van der Waals surface area contributed by atoms with Crippen LogP contribution in [0.25, 0.3) is 0 Å². The van der Waals surface area contributed by atoms with Gasteiger partial charge in [0.05, 0.1) is 11.6 Å². The van der Waals surface area contributed by atoms with Crippen molar-refractivity contribution in [2.75, 3.05) is 18.0 Å². The molecule has 0 unspecified atom stereocenters. The Bertz CT molecular complexity index is 712. The number of carboxylic acids is 1. The number of carbonyl (C=O) groups excluding carboxylic acids is 1. The van der Waals surface area contributed by atoms with Gasteiger partial charge in [-0.1, -0.05) is 30.3 Å². The summed E-state index contributed by atoms with van der Waals surface area (Å²) in [4.78, 5) is 28.6. The number of amides is 1. The van der Waals surface area contributed by atoms with Gasteiger partial charge in [-0.3, -0.25) is 0 Å². The maximum absolute atomic E-state index is 11.7. The highest BCUT2D eigenvalue weighted by Gasteiger charge is 2.29. The van der Waals surface area contributed by atoms with Crippen molar-refractivity contribution in [3.63, 3.8) is 0 Å². The van der Waals surface area contributed by atoms with Gasteiger partial charge in [-0.05, 0) is 17.7 Å². The molecule has 1 aromatic heterocycles. The van der Waals surface area contributed by atoms with Crippen LogP contribution in [0.2, 0.25) is 0 Å². The van der Waals surface area contributed by atoms with Crippen molar-refractivity contribution in [2.24, 2.45) is 0 Å². The molecule has 1 fully saturated rings. The van der Waals surface area contributed by atoms with E-state index in [1.165, 1.54) is 12.3 Å². The van der Waals surface area contributed by atoms with Crippen LogP contribution in [0.5, 0.6) is 0 Å². The fourth-order valence-electron chi connectivity index (χ4n) is 2.39. The molecular formula is C17H17N3O4. The molecule has 2 aromatic rings. The van der Waals surface area contributed by atoms with E-state index in [1.54, 1.807) is 6.07 Å². The van der Waals surface area contributed by atoms with Crippen molar-refractivity contribution >= 4 is 17.9 Å². The van der Waals surface area contributed by atoms with E-state index in [-0.39, 0.29) is 18.2 Å². The van der Waals surface area contributed by atoms with Gasteiger partial charge in [-0.25, -0.2) is 14.6 Å². The van der Waals surface area contributed by atoms with E-state index >= 15 is 0 Å². The molecule has 24 heavy (non-hydrogen) atoms. The van der Waals surface area contributed by atoms with E-state index < -0.39 is 12.1 Å². The lowest BCUT2D eigenvalue weighted by atomic mass is 10.1. The molecule has 0 bridgehead atoms. The Morgan fingerprint density at radius 1 is 1.21 bits per heavy atom. The van der Waals surface area contributed by atoms with E-state index in [1.807, 2.05) is 35.2 Å². The van der Waals surface area contributed by atoms with Crippen molar-refractivity contribution < 1.29 is 19.4 Å². The van der Waals surface area contributed by atoms with E-state index in [0.717, 1.165) is 5.56 Å². The Kier molecular flexibility index (Phi) is 4.60. The zero-order valence-corrected chi connectivity index (χ0v) is 12.9. The number of aromatic nitrogens is 1. The predicted octanol–water partition coefficient (Wildman–Crippen LogP) is 1.89. The van der Waals surface area contributed by atoms with Gasteiger partial charge in [0.2, 0.25) is 0 Å². The van der Waals surface area contributed by atoms with Crippen molar-refractivity contribution in [3.8, 4) is 0 Å². The van der Waals surface area contributed by atoms with Crippen LogP contribution >= 0.6 is 0 Å². The van der Waals surface area contributed by atoms with Gasteiger partial charge in [0.15, 0.2) is 0 Å². The van der Waals surface area contributed by atoms with E-state index in [0.29, 0.717) is 18.9 Å². The van der Waals surface area contributed by atoms with Crippen LogP contribution < -0.4 is 10.2 Å². The molecular weight excluding hydrogens is 310 g/mol. The first kappa shape index (κ1) is 15.8. The zero-order chi connectivity index (χ0) is 16.9. The molecule has 2 N–H and O–H groups in total. The number of rotatable bonds is 5. The zero-order valence-electron chi connectivity index (χ0n) is 12.9. The lowest BCUT2D eigenvalue weighted by Gasteiger charge is -2.40. The van der Waals surface area contributed by atoms with E-state index in [9.17, 15) is 9.59 Å². The SMILES string of the molecule is O=C(NC1CN(c2ccc(C(=O)O)cn2)C1)OCc1ccccc1. The molecule has 7 heteroatoms. The van der Waals surface area contributed by atoms with Gasteiger partial charge in [0.25, 0.3) is 0 Å². The maximum atomic E-state index is 11.7. The summed E-state index contributed by atoms with van der Waals surface area (Å²) in [5.41, 5.74) is 1.09. The predicted molar refractivity (Wildman–Crippen MR) is 87.0 cm³/mol. The van der Waals surface area contributed by atoms with Crippen molar-refractivity contribution in [2.45, 2.75) is 12.6 Å². The Balaban J connectivity index is 1.41. The number of hydrogen-bond acceptors (Lipinski definition) is 5. The molecule has 124 valence electrons. The number of carboxylic acid groups (broad SMARTS) is 1. The van der Waals surface area contributed by atoms with Crippen LogP contribution in [0, 0.1) is 0 Å². The molecule has 1 saturated heterocycles. The van der Waals surface area contributed by atoms with Gasteiger partial charge in [-0.2, -0.15) is 0 Å². The summed E-state index contributed by atoms with van der Waals surface area (Å²) >= 11 is 0. The number of pyridine rings is 1. The number of benzene rings is 1. The number of nitrogens with zero attached hydrogens (tertiary/aromatic N) is 2. The molecule has 1 amide bonds. The van der Waals surface area contributed by atoms with Crippen LogP contribution in [0.15, 0.2) is 48.7 Å². The molecule has 7 nitrogen and oxygen atoms in total. The fraction of sp³-hybridized carbons (Fsp3) is 0.235.